The number of rotatable bonds is 3. The molecule has 1 aliphatic heterocycles. The lowest BCUT2D eigenvalue weighted by Crippen LogP contribution is -2.36. The quantitative estimate of drug-likeness (QED) is 0.802. The number of ether oxygens (including phenoxy) is 1. The van der Waals surface area contributed by atoms with Crippen molar-refractivity contribution in [3.05, 3.63) is 36.3 Å². The van der Waals surface area contributed by atoms with E-state index in [0.29, 0.717) is 5.92 Å². The lowest BCUT2D eigenvalue weighted by Gasteiger charge is -2.28. The molecular weight excluding hydrogens is 302 g/mol. The third-order valence-corrected chi connectivity index (χ3v) is 4.38. The number of aromatic amines is 1. The fourth-order valence-corrected chi connectivity index (χ4v) is 3.07. The van der Waals surface area contributed by atoms with E-state index in [-0.39, 0.29) is 0 Å². The van der Waals surface area contributed by atoms with Crippen molar-refractivity contribution in [2.45, 2.75) is 19.8 Å². The number of benzene rings is 1. The second-order valence-electron chi connectivity index (χ2n) is 6.34. The second-order valence-corrected chi connectivity index (χ2v) is 6.34. The zero-order valence-electron chi connectivity index (χ0n) is 14.0. The summed E-state index contributed by atoms with van der Waals surface area (Å²) in [5.41, 5.74) is 4.94. The topological polar surface area (TPSA) is 66.9 Å². The van der Waals surface area contributed by atoms with Gasteiger partial charge in [-0.05, 0) is 30.2 Å². The van der Waals surface area contributed by atoms with E-state index in [2.05, 4.69) is 62.9 Å². The Hall–Kier alpha value is -2.47. The highest BCUT2D eigenvalue weighted by molar-refractivity contribution is 5.78. The van der Waals surface area contributed by atoms with Crippen molar-refractivity contribution in [3.63, 3.8) is 0 Å². The molecule has 0 saturated carbocycles. The van der Waals surface area contributed by atoms with Crippen molar-refractivity contribution >= 4 is 16.9 Å². The van der Waals surface area contributed by atoms with Crippen LogP contribution >= 0.6 is 0 Å². The minimum absolute atomic E-state index is 0.326. The van der Waals surface area contributed by atoms with Crippen LogP contribution < -0.4 is 4.90 Å². The predicted molar refractivity (Wildman–Crippen MR) is 94.2 cm³/mol. The van der Waals surface area contributed by atoms with Crippen molar-refractivity contribution in [1.29, 1.82) is 0 Å². The van der Waals surface area contributed by atoms with E-state index in [9.17, 15) is 0 Å². The molecule has 3 heterocycles. The first-order valence-corrected chi connectivity index (χ1v) is 8.36. The van der Waals surface area contributed by atoms with E-state index in [1.807, 2.05) is 0 Å². The van der Waals surface area contributed by atoms with E-state index in [0.717, 1.165) is 54.5 Å². The van der Waals surface area contributed by atoms with Crippen LogP contribution in [0.5, 0.6) is 0 Å². The third-order valence-electron chi connectivity index (χ3n) is 4.38. The zero-order chi connectivity index (χ0) is 16.5. The van der Waals surface area contributed by atoms with E-state index < -0.39 is 0 Å². The van der Waals surface area contributed by atoms with Gasteiger partial charge in [-0.25, -0.2) is 15.0 Å². The maximum Gasteiger partial charge on any atom is 0.181 e. The fourth-order valence-electron chi connectivity index (χ4n) is 3.07. The van der Waals surface area contributed by atoms with Crippen LogP contribution in [-0.2, 0) is 4.74 Å². The summed E-state index contributed by atoms with van der Waals surface area (Å²) in [6.07, 6.45) is 1.59. The van der Waals surface area contributed by atoms with E-state index in [4.69, 9.17) is 4.74 Å². The number of nitrogens with one attached hydrogen (secondary N) is 1. The molecule has 0 amide bonds. The summed E-state index contributed by atoms with van der Waals surface area (Å²) in [6, 6.07) is 8.49. The Kier molecular flexibility index (Phi) is 3.90. The van der Waals surface area contributed by atoms with Gasteiger partial charge in [0.05, 0.1) is 18.9 Å². The van der Waals surface area contributed by atoms with Gasteiger partial charge in [-0.3, -0.25) is 0 Å². The lowest BCUT2D eigenvalue weighted by atomic mass is 10.1. The molecule has 0 aliphatic carbocycles. The van der Waals surface area contributed by atoms with Gasteiger partial charge in [0.2, 0.25) is 0 Å². The van der Waals surface area contributed by atoms with Crippen LogP contribution in [0.4, 0.5) is 5.69 Å². The molecule has 3 aromatic rings. The fraction of sp³-hybridized carbons (Fsp3) is 0.389. The number of hydrogen-bond donors (Lipinski definition) is 1. The van der Waals surface area contributed by atoms with Crippen LogP contribution in [0, 0.1) is 0 Å². The van der Waals surface area contributed by atoms with Crippen LogP contribution in [-0.4, -0.2) is 46.2 Å². The molecule has 4 rings (SSSR count). The van der Waals surface area contributed by atoms with Gasteiger partial charge in [0.25, 0.3) is 0 Å². The zero-order valence-corrected chi connectivity index (χ0v) is 14.0. The highest BCUT2D eigenvalue weighted by Crippen LogP contribution is 2.26. The van der Waals surface area contributed by atoms with Crippen LogP contribution in [0.15, 0.2) is 30.6 Å². The van der Waals surface area contributed by atoms with Gasteiger partial charge < -0.3 is 14.6 Å². The van der Waals surface area contributed by atoms with Crippen molar-refractivity contribution < 1.29 is 4.74 Å². The number of hydrogen-bond acceptors (Lipinski definition) is 5. The summed E-state index contributed by atoms with van der Waals surface area (Å²) in [5.74, 6) is 1.16. The van der Waals surface area contributed by atoms with E-state index >= 15 is 0 Å². The molecular formula is C18H21N5O. The smallest absolute Gasteiger partial charge is 0.181 e. The number of nitrogens with zero attached hydrogens (tertiary/aromatic N) is 4. The van der Waals surface area contributed by atoms with Crippen molar-refractivity contribution in [2.75, 3.05) is 31.2 Å². The molecule has 1 N–H and O–H groups in total. The Morgan fingerprint density at radius 2 is 1.83 bits per heavy atom. The molecule has 0 radical (unpaired) electrons. The van der Waals surface area contributed by atoms with Gasteiger partial charge in [0.15, 0.2) is 5.65 Å². The van der Waals surface area contributed by atoms with Gasteiger partial charge in [-0.15, -0.1) is 0 Å². The third kappa shape index (κ3) is 2.73. The average molecular weight is 323 g/mol. The summed E-state index contributed by atoms with van der Waals surface area (Å²) in [7, 11) is 0. The minimum atomic E-state index is 0.326. The maximum atomic E-state index is 5.41. The minimum Gasteiger partial charge on any atom is -0.378 e. The molecule has 1 aliphatic rings. The first-order valence-electron chi connectivity index (χ1n) is 8.36. The summed E-state index contributed by atoms with van der Waals surface area (Å²) in [5, 5.41) is 0. The number of morpholine rings is 1. The Bertz CT molecular complexity index is 834. The van der Waals surface area contributed by atoms with Crippen LogP contribution in [0.3, 0.4) is 0 Å². The summed E-state index contributed by atoms with van der Waals surface area (Å²) >= 11 is 0. The number of aromatic nitrogens is 4. The molecule has 2 aromatic heterocycles. The standard InChI is InChI=1S/C18H21N5O/c1-12(2)15-16-18(20-11-19-15)22-17(21-16)13-3-5-14(6-4-13)23-7-9-24-10-8-23/h3-6,11-12H,7-10H2,1-2H3,(H,19,20,21,22). The normalized spacial score (nSPS) is 15.4. The Labute approximate surface area is 140 Å². The summed E-state index contributed by atoms with van der Waals surface area (Å²) < 4.78 is 5.41. The molecule has 6 nitrogen and oxygen atoms in total. The second kappa shape index (κ2) is 6.20. The first kappa shape index (κ1) is 15.1. The molecule has 124 valence electrons. The van der Waals surface area contributed by atoms with Crippen LogP contribution in [0.2, 0.25) is 0 Å². The maximum absolute atomic E-state index is 5.41. The number of H-pyrrole nitrogens is 1. The van der Waals surface area contributed by atoms with E-state index in [1.165, 1.54) is 5.69 Å². The van der Waals surface area contributed by atoms with Crippen LogP contribution in [0.1, 0.15) is 25.5 Å². The Morgan fingerprint density at radius 3 is 2.54 bits per heavy atom. The van der Waals surface area contributed by atoms with Gasteiger partial charge in [-0.1, -0.05) is 13.8 Å². The predicted octanol–water partition coefficient (Wildman–Crippen LogP) is 2.98. The van der Waals surface area contributed by atoms with Crippen molar-refractivity contribution in [1.82, 2.24) is 19.9 Å². The Balaban J connectivity index is 1.66. The number of anilines is 1. The number of fused-ring (bicyclic) bond motifs is 1. The molecule has 0 spiro atoms. The largest absolute Gasteiger partial charge is 0.378 e. The molecule has 0 bridgehead atoms. The molecule has 24 heavy (non-hydrogen) atoms. The monoisotopic (exact) mass is 323 g/mol. The Morgan fingerprint density at radius 1 is 1.08 bits per heavy atom. The molecule has 1 saturated heterocycles. The molecule has 1 aromatic carbocycles. The molecule has 1 fully saturated rings. The van der Waals surface area contributed by atoms with Gasteiger partial charge in [-0.2, -0.15) is 0 Å². The van der Waals surface area contributed by atoms with Crippen molar-refractivity contribution in [2.24, 2.45) is 0 Å². The molecule has 0 unspecified atom stereocenters. The van der Waals surface area contributed by atoms with E-state index in [1.54, 1.807) is 6.33 Å². The highest BCUT2D eigenvalue weighted by Gasteiger charge is 2.14. The lowest BCUT2D eigenvalue weighted by molar-refractivity contribution is 0.122. The summed E-state index contributed by atoms with van der Waals surface area (Å²) in [6.45, 7) is 7.72. The summed E-state index contributed by atoms with van der Waals surface area (Å²) in [4.78, 5) is 19.0. The van der Waals surface area contributed by atoms with Gasteiger partial charge >= 0.3 is 0 Å². The molecule has 0 atom stereocenters. The number of imidazole rings is 1. The van der Waals surface area contributed by atoms with Gasteiger partial charge in [0.1, 0.15) is 17.7 Å². The van der Waals surface area contributed by atoms with Crippen LogP contribution in [0.25, 0.3) is 22.6 Å². The average Bonchev–Trinajstić information content (AvgIpc) is 3.06. The van der Waals surface area contributed by atoms with Gasteiger partial charge in [0, 0.05) is 24.3 Å². The highest BCUT2D eigenvalue weighted by atomic mass is 16.5. The van der Waals surface area contributed by atoms with Crippen molar-refractivity contribution in [3.8, 4) is 11.4 Å². The SMILES string of the molecule is CC(C)c1ncnc2nc(-c3ccc(N4CCOCC4)cc3)[nH]c12. The molecule has 6 heteroatoms. The first-order chi connectivity index (χ1) is 11.7.